The molecule has 1 aliphatic rings. The molecule has 0 aliphatic carbocycles. The lowest BCUT2D eigenvalue weighted by molar-refractivity contribution is -0.114. The number of anilines is 1. The molecule has 1 unspecified atom stereocenters. The number of nitrogens with one attached hydrogen (secondary N) is 1. The summed E-state index contributed by atoms with van der Waals surface area (Å²) < 4.78 is 10.7. The van der Waals surface area contributed by atoms with Crippen LogP contribution in [0.3, 0.4) is 0 Å². The van der Waals surface area contributed by atoms with Crippen LogP contribution in [0.5, 0.6) is 11.5 Å². The molecule has 0 aromatic heterocycles. The Kier molecular flexibility index (Phi) is 5.64. The summed E-state index contributed by atoms with van der Waals surface area (Å²) in [5, 5.41) is 2.71. The summed E-state index contributed by atoms with van der Waals surface area (Å²) in [6.45, 7) is 2.17. The van der Waals surface area contributed by atoms with Crippen LogP contribution in [0, 0.1) is 0 Å². The third-order valence-electron chi connectivity index (χ3n) is 4.76. The molecule has 3 rings (SSSR count). The van der Waals surface area contributed by atoms with Crippen molar-refractivity contribution in [3.05, 3.63) is 53.6 Å². The number of hydrogen-bond acceptors (Lipinski definition) is 4. The number of rotatable bonds is 5. The van der Waals surface area contributed by atoms with Crippen LogP contribution in [0.2, 0.25) is 0 Å². The monoisotopic (exact) mass is 368 g/mol. The van der Waals surface area contributed by atoms with E-state index in [4.69, 9.17) is 9.47 Å². The summed E-state index contributed by atoms with van der Waals surface area (Å²) >= 11 is 0. The van der Waals surface area contributed by atoms with E-state index >= 15 is 0 Å². The molecule has 0 spiro atoms. The van der Waals surface area contributed by atoms with E-state index in [2.05, 4.69) is 5.32 Å². The van der Waals surface area contributed by atoms with Gasteiger partial charge < -0.3 is 19.7 Å². The van der Waals surface area contributed by atoms with Gasteiger partial charge in [0.05, 0.1) is 20.3 Å². The lowest BCUT2D eigenvalue weighted by Crippen LogP contribution is -2.30. The van der Waals surface area contributed by atoms with E-state index in [-0.39, 0.29) is 17.9 Å². The maximum Gasteiger partial charge on any atom is 0.254 e. The second-order valence-corrected chi connectivity index (χ2v) is 6.53. The molecule has 2 aromatic rings. The molecule has 0 saturated carbocycles. The first-order valence-corrected chi connectivity index (χ1v) is 8.94. The Morgan fingerprint density at radius 3 is 2.37 bits per heavy atom. The number of benzene rings is 2. The van der Waals surface area contributed by atoms with Gasteiger partial charge in [-0.15, -0.1) is 0 Å². The van der Waals surface area contributed by atoms with E-state index in [0.717, 1.165) is 18.4 Å². The molecule has 1 heterocycles. The number of carbonyl (C=O) groups excluding carboxylic acids is 2. The highest BCUT2D eigenvalue weighted by Crippen LogP contribution is 2.37. The van der Waals surface area contributed by atoms with Gasteiger partial charge in [0, 0.05) is 24.7 Å². The van der Waals surface area contributed by atoms with Crippen LogP contribution in [0.25, 0.3) is 0 Å². The minimum atomic E-state index is -0.137. The fraction of sp³-hybridized carbons (Fsp3) is 0.333. The van der Waals surface area contributed by atoms with Crippen LogP contribution < -0.4 is 14.8 Å². The second-order valence-electron chi connectivity index (χ2n) is 6.53. The highest BCUT2D eigenvalue weighted by Gasteiger charge is 2.31. The highest BCUT2D eigenvalue weighted by atomic mass is 16.5. The zero-order chi connectivity index (χ0) is 19.4. The lowest BCUT2D eigenvalue weighted by Gasteiger charge is -2.26. The van der Waals surface area contributed by atoms with E-state index in [1.807, 2.05) is 23.1 Å². The molecular formula is C21H24N2O4. The van der Waals surface area contributed by atoms with Crippen LogP contribution >= 0.6 is 0 Å². The summed E-state index contributed by atoms with van der Waals surface area (Å²) in [6, 6.07) is 12.8. The van der Waals surface area contributed by atoms with Crippen LogP contribution in [0.15, 0.2) is 42.5 Å². The fourth-order valence-electron chi connectivity index (χ4n) is 3.48. The Balaban J connectivity index is 1.81. The van der Waals surface area contributed by atoms with Crippen LogP contribution in [-0.2, 0) is 4.79 Å². The number of likely N-dealkylation sites (tertiary alicyclic amines) is 1. The average molecular weight is 368 g/mol. The quantitative estimate of drug-likeness (QED) is 0.875. The third kappa shape index (κ3) is 4.05. The molecule has 1 fully saturated rings. The van der Waals surface area contributed by atoms with Crippen molar-refractivity contribution in [1.29, 1.82) is 0 Å². The SMILES string of the molecule is COc1ccc(C2CCCN2C(=O)c2ccc(NC(C)=O)cc2)cc1OC. The Morgan fingerprint density at radius 2 is 1.74 bits per heavy atom. The van der Waals surface area contributed by atoms with Gasteiger partial charge >= 0.3 is 0 Å². The van der Waals surface area contributed by atoms with Gasteiger partial charge in [0.1, 0.15) is 0 Å². The van der Waals surface area contributed by atoms with Gasteiger partial charge in [-0.2, -0.15) is 0 Å². The normalized spacial score (nSPS) is 16.1. The van der Waals surface area contributed by atoms with Gasteiger partial charge in [-0.1, -0.05) is 6.07 Å². The van der Waals surface area contributed by atoms with Crippen molar-refractivity contribution in [2.45, 2.75) is 25.8 Å². The molecule has 0 radical (unpaired) electrons. The number of ether oxygens (including phenoxy) is 2. The summed E-state index contributed by atoms with van der Waals surface area (Å²) in [4.78, 5) is 26.1. The van der Waals surface area contributed by atoms with Gasteiger partial charge in [-0.25, -0.2) is 0 Å². The predicted octanol–water partition coefficient (Wildman–Crippen LogP) is 3.64. The van der Waals surface area contributed by atoms with Crippen molar-refractivity contribution in [3.63, 3.8) is 0 Å². The summed E-state index contributed by atoms with van der Waals surface area (Å²) in [5.41, 5.74) is 2.32. The van der Waals surface area contributed by atoms with Crippen molar-refractivity contribution in [2.75, 3.05) is 26.1 Å². The minimum Gasteiger partial charge on any atom is -0.493 e. The van der Waals surface area contributed by atoms with E-state index < -0.39 is 0 Å². The van der Waals surface area contributed by atoms with Crippen molar-refractivity contribution >= 4 is 17.5 Å². The van der Waals surface area contributed by atoms with E-state index in [0.29, 0.717) is 29.3 Å². The summed E-state index contributed by atoms with van der Waals surface area (Å²) in [5.74, 6) is 1.18. The molecule has 1 aliphatic heterocycles. The Bertz CT molecular complexity index is 833. The molecular weight excluding hydrogens is 344 g/mol. The van der Waals surface area contributed by atoms with Gasteiger partial charge in [0.2, 0.25) is 5.91 Å². The number of methoxy groups -OCH3 is 2. The van der Waals surface area contributed by atoms with Crippen molar-refractivity contribution in [2.24, 2.45) is 0 Å². The van der Waals surface area contributed by atoms with Crippen LogP contribution in [-0.4, -0.2) is 37.5 Å². The lowest BCUT2D eigenvalue weighted by atomic mass is 10.0. The first-order chi connectivity index (χ1) is 13.0. The van der Waals surface area contributed by atoms with E-state index in [1.165, 1.54) is 6.92 Å². The molecule has 2 aromatic carbocycles. The second kappa shape index (κ2) is 8.12. The molecule has 0 bridgehead atoms. The number of hydrogen-bond donors (Lipinski definition) is 1. The third-order valence-corrected chi connectivity index (χ3v) is 4.76. The standard InChI is InChI=1S/C21H24N2O4/c1-14(24)22-17-9-6-15(7-10-17)21(25)23-12-4-5-18(23)16-8-11-19(26-2)20(13-16)27-3/h6-11,13,18H,4-5,12H2,1-3H3,(H,22,24). The number of carbonyl (C=O) groups is 2. The molecule has 6 heteroatoms. The van der Waals surface area contributed by atoms with Crippen LogP contribution in [0.4, 0.5) is 5.69 Å². The summed E-state index contributed by atoms with van der Waals surface area (Å²) in [7, 11) is 3.21. The Hall–Kier alpha value is -3.02. The summed E-state index contributed by atoms with van der Waals surface area (Å²) in [6.07, 6.45) is 1.86. The molecule has 1 saturated heterocycles. The average Bonchev–Trinajstić information content (AvgIpc) is 3.16. The Labute approximate surface area is 159 Å². The van der Waals surface area contributed by atoms with Crippen LogP contribution in [0.1, 0.15) is 41.7 Å². The first kappa shape index (κ1) is 18.8. The molecule has 2 amide bonds. The molecule has 1 N–H and O–H groups in total. The van der Waals surface area contributed by atoms with Crippen molar-refractivity contribution < 1.29 is 19.1 Å². The number of nitrogens with zero attached hydrogens (tertiary/aromatic N) is 1. The smallest absolute Gasteiger partial charge is 0.254 e. The molecule has 6 nitrogen and oxygen atoms in total. The van der Waals surface area contributed by atoms with E-state index in [1.54, 1.807) is 38.5 Å². The predicted molar refractivity (Wildman–Crippen MR) is 103 cm³/mol. The molecule has 1 atom stereocenters. The van der Waals surface area contributed by atoms with Crippen molar-refractivity contribution in [3.8, 4) is 11.5 Å². The minimum absolute atomic E-state index is 0.00678. The maximum atomic E-state index is 13.0. The van der Waals surface area contributed by atoms with Crippen molar-refractivity contribution in [1.82, 2.24) is 4.90 Å². The Morgan fingerprint density at radius 1 is 1.04 bits per heavy atom. The molecule has 142 valence electrons. The zero-order valence-corrected chi connectivity index (χ0v) is 15.8. The fourth-order valence-corrected chi connectivity index (χ4v) is 3.48. The van der Waals surface area contributed by atoms with Gasteiger partial charge in [0.15, 0.2) is 11.5 Å². The topological polar surface area (TPSA) is 67.9 Å². The molecule has 27 heavy (non-hydrogen) atoms. The highest BCUT2D eigenvalue weighted by molar-refractivity contribution is 5.96. The number of amides is 2. The van der Waals surface area contributed by atoms with E-state index in [9.17, 15) is 9.59 Å². The zero-order valence-electron chi connectivity index (χ0n) is 15.8. The largest absolute Gasteiger partial charge is 0.493 e. The first-order valence-electron chi connectivity index (χ1n) is 8.94. The van der Waals surface area contributed by atoms with Gasteiger partial charge in [0.25, 0.3) is 5.91 Å². The maximum absolute atomic E-state index is 13.0. The van der Waals surface area contributed by atoms with Gasteiger partial charge in [-0.3, -0.25) is 9.59 Å². The van der Waals surface area contributed by atoms with Gasteiger partial charge in [-0.05, 0) is 54.8 Å².